The van der Waals surface area contributed by atoms with Crippen LogP contribution in [0.15, 0.2) is 41.4 Å². The predicted octanol–water partition coefficient (Wildman–Crippen LogP) is 2.59. The normalized spacial score (nSPS) is 14.6. The second-order valence-corrected chi connectivity index (χ2v) is 7.45. The number of rotatable bonds is 5. The number of fused-ring (bicyclic) bond motifs is 1. The molecule has 24 heavy (non-hydrogen) atoms. The molecule has 0 radical (unpaired) electrons. The zero-order valence-electron chi connectivity index (χ0n) is 13.9. The van der Waals surface area contributed by atoms with Crippen LogP contribution in [0.4, 0.5) is 0 Å². The number of carbonyl (C=O) groups excluding carboxylic acids is 1. The molecule has 3 rings (SSSR count). The summed E-state index contributed by atoms with van der Waals surface area (Å²) in [5.41, 5.74) is 0.552. The fourth-order valence-electron chi connectivity index (χ4n) is 2.45. The molecule has 1 fully saturated rings. The molecule has 1 aliphatic carbocycles. The van der Waals surface area contributed by atoms with Crippen LogP contribution in [0.1, 0.15) is 26.2 Å². The van der Waals surface area contributed by atoms with Gasteiger partial charge in [-0.3, -0.25) is 9.78 Å². The van der Waals surface area contributed by atoms with Gasteiger partial charge in [-0.1, -0.05) is 24.6 Å². The summed E-state index contributed by atoms with van der Waals surface area (Å²) in [6.45, 7) is 2.66. The van der Waals surface area contributed by atoms with Crippen LogP contribution in [-0.2, 0) is 19.6 Å². The summed E-state index contributed by atoms with van der Waals surface area (Å²) in [6.07, 6.45) is 4.64. The lowest BCUT2D eigenvalue weighted by molar-refractivity contribution is -0.128. The average Bonchev–Trinajstić information content (AvgIpc) is 2.54. The average molecular weight is 350 g/mol. The number of ether oxygens (including phenoxy) is 1. The van der Waals surface area contributed by atoms with E-state index < -0.39 is 10.0 Å². The summed E-state index contributed by atoms with van der Waals surface area (Å²) in [5, 5.41) is 0.852. The number of nitrogens with zero attached hydrogens (tertiary/aromatic N) is 2. The summed E-state index contributed by atoms with van der Waals surface area (Å²) in [7, 11) is -1.79. The lowest BCUT2D eigenvalue weighted by Gasteiger charge is -2.33. The highest BCUT2D eigenvalue weighted by atomic mass is 32.2. The number of hydrogen-bond donors (Lipinski definition) is 0. The maximum Gasteiger partial charge on any atom is 0.293 e. The van der Waals surface area contributed by atoms with Crippen molar-refractivity contribution >= 4 is 27.4 Å². The maximum absolute atomic E-state index is 12.7. The van der Waals surface area contributed by atoms with E-state index in [9.17, 15) is 13.2 Å². The van der Waals surface area contributed by atoms with Crippen molar-refractivity contribution < 1.29 is 17.9 Å². The van der Waals surface area contributed by atoms with Crippen molar-refractivity contribution in [2.24, 2.45) is 0 Å². The second kappa shape index (κ2) is 8.21. The van der Waals surface area contributed by atoms with E-state index in [1.54, 1.807) is 32.3 Å². The standard InChI is InChI=1S/C14H16N2O2S.C3H6O2/c1-16(12-7-3-8-12)19(17,18)13-9-2-5-11-6-4-10-15-14(11)13;1-2-5-3-4/h2,4-6,9-10,12H,3,7-8H2,1H3;3H,2H2,1H3. The molecule has 1 aliphatic rings. The lowest BCUT2D eigenvalue weighted by Crippen LogP contribution is -2.41. The zero-order valence-corrected chi connectivity index (χ0v) is 14.7. The van der Waals surface area contributed by atoms with Gasteiger partial charge < -0.3 is 4.74 Å². The van der Waals surface area contributed by atoms with Gasteiger partial charge in [0.05, 0.1) is 12.1 Å². The highest BCUT2D eigenvalue weighted by Gasteiger charge is 2.32. The van der Waals surface area contributed by atoms with Gasteiger partial charge in [-0.2, -0.15) is 4.31 Å². The van der Waals surface area contributed by atoms with Crippen molar-refractivity contribution in [3.05, 3.63) is 36.5 Å². The topological polar surface area (TPSA) is 76.6 Å². The molecule has 0 aliphatic heterocycles. The molecule has 7 heteroatoms. The Labute approximate surface area is 142 Å². The molecule has 0 N–H and O–H groups in total. The third-order valence-corrected chi connectivity index (χ3v) is 6.02. The van der Waals surface area contributed by atoms with E-state index >= 15 is 0 Å². The Balaban J connectivity index is 0.000000368. The molecule has 1 saturated carbocycles. The van der Waals surface area contributed by atoms with Crippen LogP contribution in [0.3, 0.4) is 0 Å². The van der Waals surface area contributed by atoms with Gasteiger partial charge in [0.15, 0.2) is 0 Å². The molecule has 0 spiro atoms. The molecule has 0 saturated heterocycles. The number of pyridine rings is 1. The van der Waals surface area contributed by atoms with Crippen LogP contribution in [0.2, 0.25) is 0 Å². The van der Waals surface area contributed by atoms with E-state index in [4.69, 9.17) is 0 Å². The highest BCUT2D eigenvalue weighted by molar-refractivity contribution is 7.89. The lowest BCUT2D eigenvalue weighted by atomic mass is 9.94. The van der Waals surface area contributed by atoms with Crippen molar-refractivity contribution in [3.63, 3.8) is 0 Å². The maximum atomic E-state index is 12.7. The summed E-state index contributed by atoms with van der Waals surface area (Å²) < 4.78 is 31.0. The van der Waals surface area contributed by atoms with Crippen LogP contribution in [0.25, 0.3) is 10.9 Å². The number of benzene rings is 1. The van der Waals surface area contributed by atoms with E-state index in [0.717, 1.165) is 24.6 Å². The minimum atomic E-state index is -3.45. The fourth-order valence-corrected chi connectivity index (χ4v) is 4.03. The summed E-state index contributed by atoms with van der Waals surface area (Å²) in [4.78, 5) is 13.7. The molecule has 1 aromatic carbocycles. The largest absolute Gasteiger partial charge is 0.468 e. The Kier molecular flexibility index (Phi) is 6.28. The molecule has 0 atom stereocenters. The van der Waals surface area contributed by atoms with E-state index in [1.807, 2.05) is 18.2 Å². The third-order valence-electron chi connectivity index (χ3n) is 4.08. The minimum Gasteiger partial charge on any atom is -0.468 e. The van der Waals surface area contributed by atoms with Crippen molar-refractivity contribution in [3.8, 4) is 0 Å². The number of para-hydroxylation sites is 1. The van der Waals surface area contributed by atoms with Crippen molar-refractivity contribution in [2.75, 3.05) is 13.7 Å². The smallest absolute Gasteiger partial charge is 0.293 e. The third kappa shape index (κ3) is 3.91. The first-order chi connectivity index (χ1) is 11.5. The number of hydrogen-bond acceptors (Lipinski definition) is 5. The molecule has 0 unspecified atom stereocenters. The SMILES string of the molecule is CCOC=O.CN(C1CCC1)S(=O)(=O)c1cccc2cccnc12. The molecule has 1 aromatic heterocycles. The first-order valence-electron chi connectivity index (χ1n) is 7.89. The number of carbonyl (C=O) groups is 1. The quantitative estimate of drug-likeness (QED) is 0.775. The van der Waals surface area contributed by atoms with Crippen molar-refractivity contribution in [2.45, 2.75) is 37.1 Å². The van der Waals surface area contributed by atoms with Crippen molar-refractivity contribution in [1.82, 2.24) is 9.29 Å². The molecule has 2 aromatic rings. The van der Waals surface area contributed by atoms with Crippen LogP contribution >= 0.6 is 0 Å². The van der Waals surface area contributed by atoms with E-state index in [0.29, 0.717) is 23.5 Å². The van der Waals surface area contributed by atoms with Crippen LogP contribution in [0.5, 0.6) is 0 Å². The van der Waals surface area contributed by atoms with Gasteiger partial charge in [-0.25, -0.2) is 8.42 Å². The molecule has 6 nitrogen and oxygen atoms in total. The Morgan fingerprint density at radius 1 is 1.29 bits per heavy atom. The number of aromatic nitrogens is 1. The van der Waals surface area contributed by atoms with Gasteiger partial charge in [0, 0.05) is 24.7 Å². The molecule has 0 amide bonds. The second-order valence-electron chi connectivity index (χ2n) is 5.49. The van der Waals surface area contributed by atoms with Gasteiger partial charge in [0.25, 0.3) is 6.47 Å². The van der Waals surface area contributed by atoms with E-state index in [1.165, 1.54) is 4.31 Å². The molecule has 130 valence electrons. The van der Waals surface area contributed by atoms with Crippen LogP contribution in [-0.4, -0.2) is 43.9 Å². The zero-order chi connectivity index (χ0) is 17.6. The molecule has 1 heterocycles. The van der Waals surface area contributed by atoms with E-state index in [-0.39, 0.29) is 6.04 Å². The predicted molar refractivity (Wildman–Crippen MR) is 92.0 cm³/mol. The first-order valence-corrected chi connectivity index (χ1v) is 9.33. The van der Waals surface area contributed by atoms with Gasteiger partial charge in [0.2, 0.25) is 10.0 Å². The van der Waals surface area contributed by atoms with E-state index in [2.05, 4.69) is 9.72 Å². The van der Waals surface area contributed by atoms with Gasteiger partial charge in [0.1, 0.15) is 4.90 Å². The van der Waals surface area contributed by atoms with Gasteiger partial charge in [-0.05, 0) is 31.9 Å². The first kappa shape index (κ1) is 18.4. The minimum absolute atomic E-state index is 0.143. The summed E-state index contributed by atoms with van der Waals surface area (Å²) in [6, 6.07) is 9.12. The fraction of sp³-hybridized carbons (Fsp3) is 0.412. The Hall–Kier alpha value is -1.99. The molecular formula is C17H22N2O4S. The highest BCUT2D eigenvalue weighted by Crippen LogP contribution is 2.30. The monoisotopic (exact) mass is 350 g/mol. The Morgan fingerprint density at radius 2 is 2.00 bits per heavy atom. The van der Waals surface area contributed by atoms with Crippen LogP contribution in [0, 0.1) is 0 Å². The van der Waals surface area contributed by atoms with Crippen molar-refractivity contribution in [1.29, 1.82) is 0 Å². The Morgan fingerprint density at radius 3 is 2.54 bits per heavy atom. The molecular weight excluding hydrogens is 328 g/mol. The Bertz CT molecular complexity index is 783. The van der Waals surface area contributed by atoms with Crippen LogP contribution < -0.4 is 0 Å². The van der Waals surface area contributed by atoms with Gasteiger partial charge >= 0.3 is 0 Å². The summed E-state index contributed by atoms with van der Waals surface area (Å²) in [5.74, 6) is 0. The van der Waals surface area contributed by atoms with Gasteiger partial charge in [-0.15, -0.1) is 0 Å². The molecule has 0 bridgehead atoms. The number of sulfonamides is 1. The summed E-state index contributed by atoms with van der Waals surface area (Å²) >= 11 is 0.